The molecule has 2 unspecified atom stereocenters. The highest BCUT2D eigenvalue weighted by atomic mass is 16.4. The van der Waals surface area contributed by atoms with Gasteiger partial charge in [0.25, 0.3) is 0 Å². The Morgan fingerprint density at radius 3 is 2.75 bits per heavy atom. The van der Waals surface area contributed by atoms with E-state index in [0.717, 1.165) is 22.9 Å². The van der Waals surface area contributed by atoms with E-state index in [1.807, 2.05) is 25.1 Å². The number of benzene rings is 1. The molecular weight excluding hydrogens is 254 g/mol. The standard InChI is InChI=1S/C16H17NO3/c1-9-5-6-10-13(8-17-14(10)7-9)15(18)11-3-2-4-12(11)16(19)20/h5-8,11-12,17H,2-4H2,1H3,(H,19,20). The van der Waals surface area contributed by atoms with E-state index in [-0.39, 0.29) is 11.7 Å². The van der Waals surface area contributed by atoms with Crippen LogP contribution in [0.4, 0.5) is 0 Å². The lowest BCUT2D eigenvalue weighted by Gasteiger charge is -2.13. The number of aryl methyl sites for hydroxylation is 1. The Labute approximate surface area is 116 Å². The van der Waals surface area contributed by atoms with Gasteiger partial charge in [0.15, 0.2) is 5.78 Å². The van der Waals surface area contributed by atoms with Crippen LogP contribution in [0.5, 0.6) is 0 Å². The van der Waals surface area contributed by atoms with Gasteiger partial charge < -0.3 is 10.1 Å². The third-order valence-corrected chi connectivity index (χ3v) is 4.27. The van der Waals surface area contributed by atoms with Gasteiger partial charge in [-0.25, -0.2) is 0 Å². The van der Waals surface area contributed by atoms with Crippen LogP contribution in [0.15, 0.2) is 24.4 Å². The first-order chi connectivity index (χ1) is 9.58. The molecule has 1 aromatic heterocycles. The van der Waals surface area contributed by atoms with E-state index in [9.17, 15) is 14.7 Å². The number of fused-ring (bicyclic) bond motifs is 1. The molecule has 3 rings (SSSR count). The van der Waals surface area contributed by atoms with E-state index in [1.165, 1.54) is 0 Å². The molecule has 1 aliphatic carbocycles. The van der Waals surface area contributed by atoms with Crippen LogP contribution >= 0.6 is 0 Å². The fraction of sp³-hybridized carbons (Fsp3) is 0.375. The summed E-state index contributed by atoms with van der Waals surface area (Å²) in [5, 5.41) is 10.1. The number of hydrogen-bond acceptors (Lipinski definition) is 2. The average Bonchev–Trinajstić information content (AvgIpc) is 3.03. The first-order valence-electron chi connectivity index (χ1n) is 6.92. The Morgan fingerprint density at radius 2 is 2.00 bits per heavy atom. The first-order valence-corrected chi connectivity index (χ1v) is 6.92. The van der Waals surface area contributed by atoms with Crippen molar-refractivity contribution in [3.05, 3.63) is 35.5 Å². The molecule has 104 valence electrons. The van der Waals surface area contributed by atoms with Gasteiger partial charge in [0.2, 0.25) is 0 Å². The second kappa shape index (κ2) is 4.78. The van der Waals surface area contributed by atoms with E-state index in [2.05, 4.69) is 4.98 Å². The van der Waals surface area contributed by atoms with Crippen LogP contribution in [-0.2, 0) is 4.79 Å². The summed E-state index contributed by atoms with van der Waals surface area (Å²) in [5.74, 6) is -1.80. The Bertz CT molecular complexity index is 686. The predicted octanol–water partition coefficient (Wildman–Crippen LogP) is 3.16. The summed E-state index contributed by atoms with van der Waals surface area (Å²) in [6, 6.07) is 5.89. The van der Waals surface area contributed by atoms with Gasteiger partial charge in [-0.15, -0.1) is 0 Å². The predicted molar refractivity (Wildman–Crippen MR) is 75.8 cm³/mol. The van der Waals surface area contributed by atoms with Gasteiger partial charge in [-0.3, -0.25) is 9.59 Å². The molecule has 2 aromatic rings. The van der Waals surface area contributed by atoms with Gasteiger partial charge in [0.1, 0.15) is 0 Å². The first kappa shape index (κ1) is 12.9. The normalized spacial score (nSPS) is 22.2. The van der Waals surface area contributed by atoms with Crippen molar-refractivity contribution in [2.75, 3.05) is 0 Å². The lowest BCUT2D eigenvalue weighted by atomic mass is 9.88. The number of aromatic nitrogens is 1. The fourth-order valence-corrected chi connectivity index (χ4v) is 3.21. The summed E-state index contributed by atoms with van der Waals surface area (Å²) in [6.45, 7) is 2.00. The van der Waals surface area contributed by atoms with Gasteiger partial charge in [-0.05, 0) is 31.4 Å². The quantitative estimate of drug-likeness (QED) is 0.842. The van der Waals surface area contributed by atoms with E-state index in [1.54, 1.807) is 6.20 Å². The summed E-state index contributed by atoms with van der Waals surface area (Å²) < 4.78 is 0. The van der Waals surface area contributed by atoms with Crippen LogP contribution in [0.3, 0.4) is 0 Å². The number of aliphatic carboxylic acids is 1. The van der Waals surface area contributed by atoms with E-state index in [0.29, 0.717) is 18.4 Å². The summed E-state index contributed by atoms with van der Waals surface area (Å²) in [7, 11) is 0. The molecule has 4 nitrogen and oxygen atoms in total. The molecule has 1 aromatic carbocycles. The molecule has 1 fully saturated rings. The maximum Gasteiger partial charge on any atom is 0.307 e. The van der Waals surface area contributed by atoms with Crippen molar-refractivity contribution in [3.8, 4) is 0 Å². The number of hydrogen-bond donors (Lipinski definition) is 2. The number of nitrogens with one attached hydrogen (secondary N) is 1. The second-order valence-electron chi connectivity index (χ2n) is 5.60. The number of ketones is 1. The van der Waals surface area contributed by atoms with Gasteiger partial charge in [-0.1, -0.05) is 18.6 Å². The maximum absolute atomic E-state index is 12.6. The third-order valence-electron chi connectivity index (χ3n) is 4.27. The van der Waals surface area contributed by atoms with E-state index in [4.69, 9.17) is 0 Å². The van der Waals surface area contributed by atoms with Crippen molar-refractivity contribution >= 4 is 22.7 Å². The number of H-pyrrole nitrogens is 1. The SMILES string of the molecule is Cc1ccc2c(C(=O)C3CCCC3C(=O)O)c[nH]c2c1. The number of carboxylic acid groups (broad SMARTS) is 1. The number of carbonyl (C=O) groups is 2. The van der Waals surface area contributed by atoms with Crippen molar-refractivity contribution < 1.29 is 14.7 Å². The summed E-state index contributed by atoms with van der Waals surface area (Å²) >= 11 is 0. The molecule has 0 bridgehead atoms. The van der Waals surface area contributed by atoms with Crippen molar-refractivity contribution in [2.24, 2.45) is 11.8 Å². The van der Waals surface area contributed by atoms with Crippen LogP contribution < -0.4 is 0 Å². The molecule has 1 heterocycles. The molecule has 1 saturated carbocycles. The summed E-state index contributed by atoms with van der Waals surface area (Å²) in [6.07, 6.45) is 3.81. The number of carboxylic acids is 1. The zero-order chi connectivity index (χ0) is 14.3. The molecule has 0 saturated heterocycles. The Kier molecular flexibility index (Phi) is 3.08. The van der Waals surface area contributed by atoms with Crippen LogP contribution in [0.1, 0.15) is 35.2 Å². The van der Waals surface area contributed by atoms with Crippen molar-refractivity contribution in [2.45, 2.75) is 26.2 Å². The van der Waals surface area contributed by atoms with Gasteiger partial charge in [0.05, 0.1) is 5.92 Å². The molecule has 0 amide bonds. The molecule has 0 aliphatic heterocycles. The molecule has 0 radical (unpaired) electrons. The maximum atomic E-state index is 12.6. The molecule has 2 atom stereocenters. The summed E-state index contributed by atoms with van der Waals surface area (Å²) in [4.78, 5) is 27.0. The Hall–Kier alpha value is -2.10. The molecule has 1 aliphatic rings. The number of Topliss-reactive ketones (excluding diaryl/α,β-unsaturated/α-hetero) is 1. The van der Waals surface area contributed by atoms with Crippen LogP contribution in [0, 0.1) is 18.8 Å². The minimum Gasteiger partial charge on any atom is -0.481 e. The van der Waals surface area contributed by atoms with Crippen molar-refractivity contribution in [1.82, 2.24) is 4.98 Å². The highest BCUT2D eigenvalue weighted by Crippen LogP contribution is 2.35. The zero-order valence-electron chi connectivity index (χ0n) is 11.3. The minimum absolute atomic E-state index is 0.0370. The minimum atomic E-state index is -0.850. The molecule has 20 heavy (non-hydrogen) atoms. The smallest absolute Gasteiger partial charge is 0.307 e. The monoisotopic (exact) mass is 271 g/mol. The topological polar surface area (TPSA) is 70.2 Å². The highest BCUT2D eigenvalue weighted by Gasteiger charge is 2.38. The Morgan fingerprint density at radius 1 is 1.25 bits per heavy atom. The third kappa shape index (κ3) is 2.01. The lowest BCUT2D eigenvalue weighted by Crippen LogP contribution is -2.25. The van der Waals surface area contributed by atoms with Crippen molar-refractivity contribution in [3.63, 3.8) is 0 Å². The van der Waals surface area contributed by atoms with Crippen LogP contribution in [0.25, 0.3) is 10.9 Å². The van der Waals surface area contributed by atoms with Crippen LogP contribution in [-0.4, -0.2) is 21.8 Å². The molecular formula is C16H17NO3. The summed E-state index contributed by atoms with van der Waals surface area (Å²) in [5.41, 5.74) is 2.68. The second-order valence-corrected chi connectivity index (χ2v) is 5.60. The average molecular weight is 271 g/mol. The molecule has 4 heteroatoms. The lowest BCUT2D eigenvalue weighted by molar-refractivity contribution is -0.142. The van der Waals surface area contributed by atoms with Gasteiger partial charge >= 0.3 is 5.97 Å². The van der Waals surface area contributed by atoms with Gasteiger partial charge in [0, 0.05) is 28.6 Å². The molecule has 2 N–H and O–H groups in total. The molecule has 0 spiro atoms. The van der Waals surface area contributed by atoms with E-state index >= 15 is 0 Å². The van der Waals surface area contributed by atoms with Gasteiger partial charge in [-0.2, -0.15) is 0 Å². The zero-order valence-corrected chi connectivity index (χ0v) is 11.3. The van der Waals surface area contributed by atoms with Crippen LogP contribution in [0.2, 0.25) is 0 Å². The van der Waals surface area contributed by atoms with Crippen molar-refractivity contribution in [1.29, 1.82) is 0 Å². The fourth-order valence-electron chi connectivity index (χ4n) is 3.21. The Balaban J connectivity index is 1.98. The number of aromatic amines is 1. The number of carbonyl (C=O) groups excluding carboxylic acids is 1. The van der Waals surface area contributed by atoms with E-state index < -0.39 is 11.9 Å². The highest BCUT2D eigenvalue weighted by molar-refractivity contribution is 6.10. The number of rotatable bonds is 3. The largest absolute Gasteiger partial charge is 0.481 e.